The average Bonchev–Trinajstić information content (AvgIpc) is 2.90. The number of allylic oxidation sites excluding steroid dienone is 3. The summed E-state index contributed by atoms with van der Waals surface area (Å²) in [6, 6.07) is -0.753. The molecule has 224 valence electrons. The number of hydrogen-bond donors (Lipinski definition) is 4. The highest BCUT2D eigenvalue weighted by Gasteiger charge is 2.20. The van der Waals surface area contributed by atoms with Gasteiger partial charge in [-0.05, 0) is 32.1 Å². The molecule has 0 bridgehead atoms. The summed E-state index contributed by atoms with van der Waals surface area (Å²) in [6.45, 7) is 4.14. The minimum Gasteiger partial charge on any atom is -0.394 e. The van der Waals surface area contributed by atoms with Crippen LogP contribution in [0.4, 0.5) is 0 Å². The van der Waals surface area contributed by atoms with Crippen LogP contribution in [0, 0.1) is 0 Å². The van der Waals surface area contributed by atoms with Gasteiger partial charge in [-0.1, -0.05) is 141 Å². The first-order chi connectivity index (χ1) is 18.5. The van der Waals surface area contributed by atoms with E-state index in [1.165, 1.54) is 96.3 Å². The van der Waals surface area contributed by atoms with Crippen LogP contribution in [0.2, 0.25) is 0 Å². The minimum absolute atomic E-state index is 0.00713. The largest absolute Gasteiger partial charge is 0.394 e. The molecule has 5 nitrogen and oxygen atoms in total. The fourth-order valence-electron chi connectivity index (χ4n) is 4.71. The van der Waals surface area contributed by atoms with E-state index in [1.54, 1.807) is 6.08 Å². The number of amides is 1. The number of aliphatic hydroxyl groups excluding tert-OH is 3. The lowest BCUT2D eigenvalue weighted by Crippen LogP contribution is -2.45. The van der Waals surface area contributed by atoms with Crippen LogP contribution in [0.3, 0.4) is 0 Å². The maximum atomic E-state index is 12.2. The molecule has 0 aliphatic rings. The third-order valence-electron chi connectivity index (χ3n) is 7.24. The summed E-state index contributed by atoms with van der Waals surface area (Å²) in [7, 11) is 0. The molecule has 0 fully saturated rings. The van der Waals surface area contributed by atoms with Crippen molar-refractivity contribution in [2.45, 2.75) is 173 Å². The van der Waals surface area contributed by atoms with Crippen LogP contribution in [0.5, 0.6) is 0 Å². The van der Waals surface area contributed by atoms with E-state index in [0.717, 1.165) is 32.1 Å². The van der Waals surface area contributed by atoms with Crippen molar-refractivity contribution in [1.82, 2.24) is 5.32 Å². The number of hydrogen-bond acceptors (Lipinski definition) is 4. The van der Waals surface area contributed by atoms with Crippen molar-refractivity contribution in [3.8, 4) is 0 Å². The van der Waals surface area contributed by atoms with Crippen molar-refractivity contribution in [1.29, 1.82) is 0 Å². The highest BCUT2D eigenvalue weighted by atomic mass is 16.3. The van der Waals surface area contributed by atoms with Crippen molar-refractivity contribution >= 4 is 5.91 Å². The Morgan fingerprint density at radius 3 is 1.68 bits per heavy atom. The van der Waals surface area contributed by atoms with Crippen LogP contribution < -0.4 is 5.32 Å². The van der Waals surface area contributed by atoms with Crippen molar-refractivity contribution in [3.63, 3.8) is 0 Å². The first-order valence-corrected chi connectivity index (χ1v) is 16.1. The van der Waals surface area contributed by atoms with Gasteiger partial charge in [0.2, 0.25) is 5.91 Å². The Morgan fingerprint density at radius 2 is 1.13 bits per heavy atom. The van der Waals surface area contributed by atoms with E-state index in [2.05, 4.69) is 31.3 Å². The predicted octanol–water partition coefficient (Wildman–Crippen LogP) is 7.92. The first-order valence-electron chi connectivity index (χ1n) is 16.1. The van der Waals surface area contributed by atoms with Gasteiger partial charge in [-0.25, -0.2) is 0 Å². The molecule has 0 aromatic carbocycles. The number of carbonyl (C=O) groups excluding carboxylic acids is 1. The summed E-state index contributed by atoms with van der Waals surface area (Å²) in [4.78, 5) is 12.2. The van der Waals surface area contributed by atoms with Gasteiger partial charge in [0.25, 0.3) is 0 Å². The lowest BCUT2D eigenvalue weighted by atomic mass is 10.0. The van der Waals surface area contributed by atoms with Crippen LogP contribution in [-0.4, -0.2) is 46.1 Å². The third kappa shape index (κ3) is 25.1. The number of aliphatic hydroxyl groups is 3. The Kier molecular flexibility index (Phi) is 27.9. The van der Waals surface area contributed by atoms with E-state index in [1.807, 2.05) is 6.08 Å². The van der Waals surface area contributed by atoms with E-state index >= 15 is 0 Å². The van der Waals surface area contributed by atoms with Crippen molar-refractivity contribution < 1.29 is 20.1 Å². The van der Waals surface area contributed by atoms with Crippen LogP contribution >= 0.6 is 0 Å². The smallest absolute Gasteiger partial charge is 0.222 e. The highest BCUT2D eigenvalue weighted by molar-refractivity contribution is 5.76. The zero-order valence-electron chi connectivity index (χ0n) is 25.1. The summed E-state index contributed by atoms with van der Waals surface area (Å²) in [6.07, 6.45) is 31.6. The topological polar surface area (TPSA) is 89.8 Å². The highest BCUT2D eigenvalue weighted by Crippen LogP contribution is 2.13. The number of unbranched alkanes of at least 4 members (excludes halogenated alkanes) is 17. The van der Waals surface area contributed by atoms with Gasteiger partial charge in [0.1, 0.15) is 0 Å². The van der Waals surface area contributed by atoms with Gasteiger partial charge in [0, 0.05) is 0 Å². The van der Waals surface area contributed by atoms with Crippen LogP contribution in [0.25, 0.3) is 0 Å². The van der Waals surface area contributed by atoms with Crippen LogP contribution in [-0.2, 0) is 4.79 Å². The lowest BCUT2D eigenvalue weighted by Gasteiger charge is -2.21. The van der Waals surface area contributed by atoms with E-state index in [0.29, 0.717) is 6.42 Å². The van der Waals surface area contributed by atoms with E-state index in [-0.39, 0.29) is 18.9 Å². The maximum Gasteiger partial charge on any atom is 0.222 e. The Morgan fingerprint density at radius 1 is 0.658 bits per heavy atom. The molecule has 0 spiro atoms. The van der Waals surface area contributed by atoms with Gasteiger partial charge in [0.15, 0.2) is 0 Å². The molecule has 3 unspecified atom stereocenters. The standard InChI is InChI=1S/C33H63NO4/c1-3-5-7-9-11-13-14-15-16-17-18-19-21-23-25-27-32(37)31(29-35)34-33(38)28-30(36)26-24-22-20-12-10-8-6-4-2/h18-19,25,27,30-32,35-37H,3-17,20-24,26,28-29H2,1-2H3,(H,34,38)/b19-18+,27-25+. The third-order valence-corrected chi connectivity index (χ3v) is 7.24. The molecule has 0 aromatic heterocycles. The Bertz CT molecular complexity index is 563. The maximum absolute atomic E-state index is 12.2. The van der Waals surface area contributed by atoms with Gasteiger partial charge in [0.05, 0.1) is 31.3 Å². The molecular weight excluding hydrogens is 474 g/mol. The molecule has 5 heteroatoms. The van der Waals surface area contributed by atoms with E-state index < -0.39 is 18.2 Å². The normalized spacial score (nSPS) is 14.3. The molecule has 4 N–H and O–H groups in total. The second-order valence-electron chi connectivity index (χ2n) is 11.1. The molecule has 0 aliphatic carbocycles. The zero-order chi connectivity index (χ0) is 28.1. The summed E-state index contributed by atoms with van der Waals surface area (Å²) >= 11 is 0. The quantitative estimate of drug-likeness (QED) is 0.0603. The van der Waals surface area contributed by atoms with Crippen molar-refractivity contribution in [2.75, 3.05) is 6.61 Å². The second kappa shape index (κ2) is 28.8. The molecule has 0 saturated carbocycles. The summed E-state index contributed by atoms with van der Waals surface area (Å²) < 4.78 is 0. The van der Waals surface area contributed by atoms with Crippen LogP contribution in [0.15, 0.2) is 24.3 Å². The second-order valence-corrected chi connectivity index (χ2v) is 11.1. The van der Waals surface area contributed by atoms with Crippen LogP contribution in [0.1, 0.15) is 155 Å². The minimum atomic E-state index is -0.945. The molecule has 0 radical (unpaired) electrons. The van der Waals surface area contributed by atoms with E-state index in [9.17, 15) is 20.1 Å². The van der Waals surface area contributed by atoms with Gasteiger partial charge in [-0.2, -0.15) is 0 Å². The number of rotatable bonds is 28. The van der Waals surface area contributed by atoms with Crippen molar-refractivity contribution in [3.05, 3.63) is 24.3 Å². The Hall–Kier alpha value is -1.17. The molecule has 0 aliphatic heterocycles. The molecule has 3 atom stereocenters. The molecule has 38 heavy (non-hydrogen) atoms. The fourth-order valence-corrected chi connectivity index (χ4v) is 4.71. The summed E-state index contributed by atoms with van der Waals surface area (Å²) in [5, 5.41) is 32.8. The molecule has 1 amide bonds. The van der Waals surface area contributed by atoms with Gasteiger partial charge in [-0.3, -0.25) is 4.79 Å². The molecule has 0 saturated heterocycles. The molecule has 0 rings (SSSR count). The molecular formula is C33H63NO4. The lowest BCUT2D eigenvalue weighted by molar-refractivity contribution is -0.124. The molecule has 0 heterocycles. The molecule has 0 aromatic rings. The zero-order valence-corrected chi connectivity index (χ0v) is 25.1. The summed E-state index contributed by atoms with van der Waals surface area (Å²) in [5.74, 6) is -0.331. The number of carbonyl (C=O) groups is 1. The fraction of sp³-hybridized carbons (Fsp3) is 0.848. The Balaban J connectivity index is 3.85. The first kappa shape index (κ1) is 36.8. The SMILES string of the molecule is CCCCCCCCCCC/C=C/CC/C=C/C(O)C(CO)NC(=O)CC(O)CCCCCCCCCC. The monoisotopic (exact) mass is 537 g/mol. The average molecular weight is 538 g/mol. The van der Waals surface area contributed by atoms with Gasteiger partial charge in [-0.15, -0.1) is 0 Å². The predicted molar refractivity (Wildman–Crippen MR) is 162 cm³/mol. The van der Waals surface area contributed by atoms with Crippen molar-refractivity contribution in [2.24, 2.45) is 0 Å². The summed E-state index contributed by atoms with van der Waals surface area (Å²) in [5.41, 5.74) is 0. The Labute approximate surface area is 235 Å². The van der Waals surface area contributed by atoms with Gasteiger partial charge < -0.3 is 20.6 Å². The van der Waals surface area contributed by atoms with E-state index in [4.69, 9.17) is 0 Å². The number of nitrogens with one attached hydrogen (secondary N) is 1. The van der Waals surface area contributed by atoms with Gasteiger partial charge >= 0.3 is 0 Å².